The molecule has 1 saturated heterocycles. The van der Waals surface area contributed by atoms with Crippen molar-refractivity contribution < 1.29 is 14.4 Å². The summed E-state index contributed by atoms with van der Waals surface area (Å²) in [5.74, 6) is -1.32. The Balaban J connectivity index is 2.14. The molecule has 0 spiro atoms. The Morgan fingerprint density at radius 3 is 2.60 bits per heavy atom. The average molecular weight is 225 g/mol. The monoisotopic (exact) mass is 225 g/mol. The maximum atomic E-state index is 11.7. The van der Waals surface area contributed by atoms with Crippen LogP contribution < -0.4 is 5.32 Å². The first-order valence-electron chi connectivity index (χ1n) is 4.17. The Kier molecular flexibility index (Phi) is 2.46. The normalized spacial score (nSPS) is 16.4. The summed E-state index contributed by atoms with van der Waals surface area (Å²) in [5.41, 5.74) is 1.79. The number of thiazole rings is 1. The third-order valence-electron chi connectivity index (χ3n) is 1.89. The van der Waals surface area contributed by atoms with Crippen LogP contribution in [0.25, 0.3) is 0 Å². The van der Waals surface area contributed by atoms with Crippen molar-refractivity contribution in [1.29, 1.82) is 0 Å². The highest BCUT2D eigenvalue weighted by atomic mass is 32.1. The van der Waals surface area contributed by atoms with E-state index in [1.807, 2.05) is 0 Å². The topological polar surface area (TPSA) is 79.4 Å². The van der Waals surface area contributed by atoms with Crippen LogP contribution in [0.15, 0.2) is 10.9 Å². The summed E-state index contributed by atoms with van der Waals surface area (Å²) in [6.07, 6.45) is 0. The zero-order valence-electron chi connectivity index (χ0n) is 7.60. The summed E-state index contributed by atoms with van der Waals surface area (Å²) >= 11 is 1.29. The van der Waals surface area contributed by atoms with Gasteiger partial charge >= 0.3 is 0 Å². The van der Waals surface area contributed by atoms with Crippen molar-refractivity contribution in [3.8, 4) is 0 Å². The molecule has 0 aromatic carbocycles. The molecule has 0 bridgehead atoms. The molecule has 2 rings (SSSR count). The van der Waals surface area contributed by atoms with Gasteiger partial charge < -0.3 is 4.90 Å². The molecule has 6 nitrogen and oxygen atoms in total. The molecule has 1 N–H and O–H groups in total. The molecule has 0 unspecified atom stereocenters. The molecule has 1 aliphatic heterocycles. The number of rotatable bonds is 1. The second-order valence-corrected chi connectivity index (χ2v) is 3.72. The van der Waals surface area contributed by atoms with Gasteiger partial charge in [0.2, 0.25) is 11.8 Å². The van der Waals surface area contributed by atoms with Gasteiger partial charge in [-0.15, -0.1) is 11.3 Å². The van der Waals surface area contributed by atoms with E-state index in [0.717, 1.165) is 0 Å². The molecule has 1 aromatic rings. The van der Waals surface area contributed by atoms with Gasteiger partial charge in [0.25, 0.3) is 5.91 Å². The number of carbonyl (C=O) groups is 3. The number of nitrogens with one attached hydrogen (secondary N) is 1. The fourth-order valence-corrected chi connectivity index (χ4v) is 1.79. The highest BCUT2D eigenvalue weighted by molar-refractivity contribution is 7.07. The molecule has 15 heavy (non-hydrogen) atoms. The quantitative estimate of drug-likeness (QED) is 0.637. The van der Waals surface area contributed by atoms with Crippen molar-refractivity contribution in [3.63, 3.8) is 0 Å². The molecule has 78 valence electrons. The van der Waals surface area contributed by atoms with Crippen LogP contribution in [0.2, 0.25) is 0 Å². The zero-order chi connectivity index (χ0) is 10.8. The first kappa shape index (κ1) is 9.78. The fourth-order valence-electron chi connectivity index (χ4n) is 1.26. The second kappa shape index (κ2) is 3.77. The van der Waals surface area contributed by atoms with Gasteiger partial charge in [0.15, 0.2) is 0 Å². The molecular formula is C8H7N3O3S. The van der Waals surface area contributed by atoms with Gasteiger partial charge in [-0.05, 0) is 0 Å². The van der Waals surface area contributed by atoms with Crippen LogP contribution in [0, 0.1) is 0 Å². The number of piperazine rings is 1. The van der Waals surface area contributed by atoms with Crippen LogP contribution in [-0.2, 0) is 9.59 Å². The Morgan fingerprint density at radius 2 is 2.07 bits per heavy atom. The number of amides is 3. The minimum Gasteiger partial charge on any atom is -0.319 e. The second-order valence-electron chi connectivity index (χ2n) is 3.01. The molecule has 0 atom stereocenters. The number of hydrogen-bond acceptors (Lipinski definition) is 5. The van der Waals surface area contributed by atoms with Crippen LogP contribution in [0.5, 0.6) is 0 Å². The Morgan fingerprint density at radius 1 is 1.40 bits per heavy atom. The minimum atomic E-state index is -0.463. The summed E-state index contributed by atoms with van der Waals surface area (Å²) in [6.45, 7) is -0.190. The summed E-state index contributed by atoms with van der Waals surface area (Å²) in [5, 5.41) is 3.70. The van der Waals surface area contributed by atoms with Gasteiger partial charge in [0, 0.05) is 5.38 Å². The van der Waals surface area contributed by atoms with Gasteiger partial charge in [-0.1, -0.05) is 0 Å². The summed E-state index contributed by atoms with van der Waals surface area (Å²) in [6, 6.07) is 0. The highest BCUT2D eigenvalue weighted by Gasteiger charge is 2.27. The van der Waals surface area contributed by atoms with Crippen LogP contribution in [-0.4, -0.2) is 40.7 Å². The van der Waals surface area contributed by atoms with E-state index in [0.29, 0.717) is 0 Å². The first-order chi connectivity index (χ1) is 7.16. The largest absolute Gasteiger partial charge is 0.319 e. The lowest BCUT2D eigenvalue weighted by atomic mass is 10.3. The third kappa shape index (κ3) is 2.01. The molecule has 7 heteroatoms. The van der Waals surface area contributed by atoms with E-state index < -0.39 is 11.8 Å². The van der Waals surface area contributed by atoms with E-state index >= 15 is 0 Å². The lowest BCUT2D eigenvalue weighted by molar-refractivity contribution is -0.135. The van der Waals surface area contributed by atoms with Crippen molar-refractivity contribution >= 4 is 29.1 Å². The molecule has 1 aromatic heterocycles. The molecular weight excluding hydrogens is 218 g/mol. The highest BCUT2D eigenvalue weighted by Crippen LogP contribution is 2.06. The van der Waals surface area contributed by atoms with Gasteiger partial charge in [-0.3, -0.25) is 19.7 Å². The van der Waals surface area contributed by atoms with E-state index in [4.69, 9.17) is 0 Å². The van der Waals surface area contributed by atoms with Gasteiger partial charge in [0.05, 0.1) is 5.51 Å². The van der Waals surface area contributed by atoms with E-state index in [2.05, 4.69) is 10.3 Å². The van der Waals surface area contributed by atoms with Crippen LogP contribution in [0.1, 0.15) is 10.5 Å². The number of carbonyl (C=O) groups excluding carboxylic acids is 3. The first-order valence-corrected chi connectivity index (χ1v) is 5.11. The molecule has 3 amide bonds. The lowest BCUT2D eigenvalue weighted by Crippen LogP contribution is -2.53. The SMILES string of the molecule is O=C1CN(C(=O)c2cscn2)CC(=O)N1. The molecule has 2 heterocycles. The van der Waals surface area contributed by atoms with E-state index in [1.165, 1.54) is 21.7 Å². The van der Waals surface area contributed by atoms with Crippen LogP contribution in [0.3, 0.4) is 0 Å². The Hall–Kier alpha value is -1.76. The predicted octanol–water partition coefficient (Wildman–Crippen LogP) is -0.758. The maximum absolute atomic E-state index is 11.7. The van der Waals surface area contributed by atoms with E-state index in [-0.39, 0.29) is 24.7 Å². The Bertz CT molecular complexity index is 399. The van der Waals surface area contributed by atoms with Crippen molar-refractivity contribution in [1.82, 2.24) is 15.2 Å². The van der Waals surface area contributed by atoms with E-state index in [1.54, 1.807) is 5.38 Å². The summed E-state index contributed by atoms with van der Waals surface area (Å²) in [4.78, 5) is 38.7. The van der Waals surface area contributed by atoms with E-state index in [9.17, 15) is 14.4 Å². The van der Waals surface area contributed by atoms with Crippen molar-refractivity contribution in [3.05, 3.63) is 16.6 Å². The third-order valence-corrected chi connectivity index (χ3v) is 2.47. The van der Waals surface area contributed by atoms with Gasteiger partial charge in [0.1, 0.15) is 18.8 Å². The zero-order valence-corrected chi connectivity index (χ0v) is 8.41. The molecule has 1 fully saturated rings. The number of aromatic nitrogens is 1. The van der Waals surface area contributed by atoms with Gasteiger partial charge in [-0.25, -0.2) is 4.98 Å². The maximum Gasteiger partial charge on any atom is 0.274 e. The summed E-state index contributed by atoms with van der Waals surface area (Å²) < 4.78 is 0. The minimum absolute atomic E-state index is 0.0951. The lowest BCUT2D eigenvalue weighted by Gasteiger charge is -2.24. The molecule has 1 aliphatic rings. The summed E-state index contributed by atoms with van der Waals surface area (Å²) in [7, 11) is 0. The molecule has 0 saturated carbocycles. The van der Waals surface area contributed by atoms with Crippen LogP contribution >= 0.6 is 11.3 Å². The van der Waals surface area contributed by atoms with Crippen molar-refractivity contribution in [2.45, 2.75) is 0 Å². The predicted molar refractivity (Wildman–Crippen MR) is 51.2 cm³/mol. The standard InChI is InChI=1S/C8H7N3O3S/c12-6-1-11(2-7(13)10-6)8(14)5-3-15-4-9-5/h3-4H,1-2H2,(H,10,12,13). The number of imide groups is 1. The van der Waals surface area contributed by atoms with Gasteiger partial charge in [-0.2, -0.15) is 0 Å². The molecule has 0 radical (unpaired) electrons. The van der Waals surface area contributed by atoms with Crippen LogP contribution in [0.4, 0.5) is 0 Å². The fraction of sp³-hybridized carbons (Fsp3) is 0.250. The average Bonchev–Trinajstić information content (AvgIpc) is 2.67. The molecule has 0 aliphatic carbocycles. The number of nitrogens with zero attached hydrogens (tertiary/aromatic N) is 2. The number of hydrogen-bond donors (Lipinski definition) is 1. The van der Waals surface area contributed by atoms with Crippen molar-refractivity contribution in [2.75, 3.05) is 13.1 Å². The Labute approximate surface area is 88.9 Å². The van der Waals surface area contributed by atoms with Crippen molar-refractivity contribution in [2.24, 2.45) is 0 Å². The smallest absolute Gasteiger partial charge is 0.274 e.